The van der Waals surface area contributed by atoms with Crippen molar-refractivity contribution in [3.05, 3.63) is 23.9 Å². The van der Waals surface area contributed by atoms with Gasteiger partial charge >= 0.3 is 6.18 Å². The summed E-state index contributed by atoms with van der Waals surface area (Å²) >= 11 is 0. The Bertz CT molecular complexity index is 307. The van der Waals surface area contributed by atoms with Crippen molar-refractivity contribution in [2.24, 2.45) is 0 Å². The van der Waals surface area contributed by atoms with Crippen LogP contribution in [-0.2, 0) is 6.18 Å². The highest BCUT2D eigenvalue weighted by Gasteiger charge is 2.30. The molecule has 0 spiro atoms. The molecule has 0 saturated carbocycles. The number of pyridine rings is 1. The lowest BCUT2D eigenvalue weighted by atomic mass is 10.2. The zero-order valence-corrected chi connectivity index (χ0v) is 7.89. The van der Waals surface area contributed by atoms with Crippen LogP contribution in [-0.4, -0.2) is 11.0 Å². The molecule has 0 unspecified atom stereocenters. The molecule has 1 heterocycles. The fraction of sp³-hybridized carbons (Fsp3) is 0.444. The van der Waals surface area contributed by atoms with Crippen LogP contribution in [0.4, 0.5) is 19.0 Å². The number of halogens is 3. The molecular weight excluding hydrogens is 193 g/mol. The molecule has 0 aliphatic rings. The van der Waals surface area contributed by atoms with E-state index in [1.165, 1.54) is 0 Å². The van der Waals surface area contributed by atoms with Gasteiger partial charge < -0.3 is 5.32 Å². The third kappa shape index (κ3) is 2.90. The fourth-order valence-corrected chi connectivity index (χ4v) is 0.982. The van der Waals surface area contributed by atoms with Crippen molar-refractivity contribution in [3.8, 4) is 0 Å². The lowest BCUT2D eigenvalue weighted by Gasteiger charge is -2.11. The average molecular weight is 204 g/mol. The van der Waals surface area contributed by atoms with Gasteiger partial charge in [0.1, 0.15) is 5.82 Å². The van der Waals surface area contributed by atoms with Gasteiger partial charge in [-0.3, -0.25) is 0 Å². The van der Waals surface area contributed by atoms with Gasteiger partial charge in [-0.05, 0) is 26.0 Å². The van der Waals surface area contributed by atoms with Gasteiger partial charge in [0, 0.05) is 12.2 Å². The number of nitrogens with zero attached hydrogens (tertiary/aromatic N) is 1. The minimum atomic E-state index is -4.31. The van der Waals surface area contributed by atoms with E-state index >= 15 is 0 Å². The number of hydrogen-bond acceptors (Lipinski definition) is 2. The van der Waals surface area contributed by atoms with Gasteiger partial charge in [-0.15, -0.1) is 0 Å². The van der Waals surface area contributed by atoms with Gasteiger partial charge in [0.2, 0.25) is 0 Å². The third-order valence-electron chi connectivity index (χ3n) is 1.52. The number of rotatable bonds is 2. The second-order valence-electron chi connectivity index (χ2n) is 3.23. The smallest absolute Gasteiger partial charge is 0.368 e. The van der Waals surface area contributed by atoms with E-state index in [1.54, 1.807) is 0 Å². The Balaban J connectivity index is 2.90. The molecule has 14 heavy (non-hydrogen) atoms. The monoisotopic (exact) mass is 204 g/mol. The zero-order chi connectivity index (χ0) is 10.8. The van der Waals surface area contributed by atoms with Crippen molar-refractivity contribution in [1.29, 1.82) is 0 Å². The molecule has 0 radical (unpaired) electrons. The van der Waals surface area contributed by atoms with E-state index in [-0.39, 0.29) is 11.9 Å². The highest BCUT2D eigenvalue weighted by atomic mass is 19.4. The molecule has 0 aliphatic carbocycles. The van der Waals surface area contributed by atoms with Crippen LogP contribution in [0.15, 0.2) is 18.3 Å². The molecule has 0 saturated heterocycles. The molecule has 2 nitrogen and oxygen atoms in total. The van der Waals surface area contributed by atoms with Crippen LogP contribution in [0.1, 0.15) is 19.4 Å². The quantitative estimate of drug-likeness (QED) is 0.801. The molecule has 0 bridgehead atoms. The minimum Gasteiger partial charge on any atom is -0.368 e. The first-order chi connectivity index (χ1) is 6.39. The van der Waals surface area contributed by atoms with Gasteiger partial charge in [0.05, 0.1) is 5.56 Å². The van der Waals surface area contributed by atoms with Gasteiger partial charge in [-0.25, -0.2) is 4.98 Å². The summed E-state index contributed by atoms with van der Waals surface area (Å²) in [7, 11) is 0. The molecule has 0 aliphatic heterocycles. The number of aromatic nitrogens is 1. The second-order valence-corrected chi connectivity index (χ2v) is 3.23. The van der Waals surface area contributed by atoms with Gasteiger partial charge in [-0.2, -0.15) is 13.2 Å². The molecule has 5 heteroatoms. The second kappa shape index (κ2) is 3.86. The lowest BCUT2D eigenvalue weighted by Crippen LogP contribution is -2.12. The molecule has 1 rings (SSSR count). The van der Waals surface area contributed by atoms with E-state index in [9.17, 15) is 13.2 Å². The Labute approximate surface area is 80.2 Å². The highest BCUT2D eigenvalue weighted by molar-refractivity contribution is 5.39. The molecule has 1 aromatic rings. The van der Waals surface area contributed by atoms with E-state index in [0.717, 1.165) is 18.3 Å². The molecule has 0 fully saturated rings. The number of nitrogens with one attached hydrogen (secondary N) is 1. The number of hydrogen-bond donors (Lipinski definition) is 1. The molecule has 78 valence electrons. The standard InChI is InChI=1S/C9H11F3N2/c1-6(2)14-8-5-7(3-4-13-8)9(10,11)12/h3-6H,1-2H3,(H,13,14). The van der Waals surface area contributed by atoms with Crippen molar-refractivity contribution < 1.29 is 13.2 Å². The summed E-state index contributed by atoms with van der Waals surface area (Å²) in [4.78, 5) is 3.78. The van der Waals surface area contributed by atoms with Crippen LogP contribution in [0, 0.1) is 0 Å². The van der Waals surface area contributed by atoms with Crippen LogP contribution in [0.3, 0.4) is 0 Å². The number of alkyl halides is 3. The first-order valence-corrected chi connectivity index (χ1v) is 4.19. The Kier molecular flexibility index (Phi) is 2.98. The van der Waals surface area contributed by atoms with Gasteiger partial charge in [-0.1, -0.05) is 0 Å². The van der Waals surface area contributed by atoms with E-state index in [4.69, 9.17) is 0 Å². The van der Waals surface area contributed by atoms with Gasteiger partial charge in [0.15, 0.2) is 0 Å². The van der Waals surface area contributed by atoms with Crippen molar-refractivity contribution in [2.75, 3.05) is 5.32 Å². The topological polar surface area (TPSA) is 24.9 Å². The summed E-state index contributed by atoms with van der Waals surface area (Å²) in [6, 6.07) is 2.01. The predicted molar refractivity (Wildman–Crippen MR) is 48.0 cm³/mol. The third-order valence-corrected chi connectivity index (χ3v) is 1.52. The maximum Gasteiger partial charge on any atom is 0.416 e. The number of anilines is 1. The van der Waals surface area contributed by atoms with Crippen molar-refractivity contribution >= 4 is 5.82 Å². The zero-order valence-electron chi connectivity index (χ0n) is 7.89. The SMILES string of the molecule is CC(C)Nc1cc(C(F)(F)F)ccn1. The fourth-order valence-electron chi connectivity index (χ4n) is 0.982. The van der Waals surface area contributed by atoms with Crippen LogP contribution < -0.4 is 5.32 Å². The van der Waals surface area contributed by atoms with Gasteiger partial charge in [0.25, 0.3) is 0 Å². The van der Waals surface area contributed by atoms with Crippen molar-refractivity contribution in [2.45, 2.75) is 26.1 Å². The molecule has 1 N–H and O–H groups in total. The van der Waals surface area contributed by atoms with Crippen LogP contribution in [0.2, 0.25) is 0 Å². The largest absolute Gasteiger partial charge is 0.416 e. The van der Waals surface area contributed by atoms with E-state index in [0.29, 0.717) is 0 Å². The first-order valence-electron chi connectivity index (χ1n) is 4.19. The summed E-state index contributed by atoms with van der Waals surface area (Å²) in [5.74, 6) is 0.245. The normalized spacial score (nSPS) is 11.9. The Morgan fingerprint density at radius 2 is 2.00 bits per heavy atom. The molecule has 0 aromatic carbocycles. The van der Waals surface area contributed by atoms with Crippen LogP contribution in [0.5, 0.6) is 0 Å². The highest BCUT2D eigenvalue weighted by Crippen LogP contribution is 2.29. The maximum absolute atomic E-state index is 12.2. The molecule has 0 atom stereocenters. The Morgan fingerprint density at radius 1 is 1.36 bits per heavy atom. The summed E-state index contributed by atoms with van der Waals surface area (Å²) in [6.07, 6.45) is -3.16. The summed E-state index contributed by atoms with van der Waals surface area (Å²) < 4.78 is 36.7. The lowest BCUT2D eigenvalue weighted by molar-refractivity contribution is -0.137. The maximum atomic E-state index is 12.2. The van der Waals surface area contributed by atoms with E-state index < -0.39 is 11.7 Å². The summed E-state index contributed by atoms with van der Waals surface area (Å²) in [5, 5.41) is 2.81. The van der Waals surface area contributed by atoms with E-state index in [2.05, 4.69) is 10.3 Å². The predicted octanol–water partition coefficient (Wildman–Crippen LogP) is 2.92. The molecular formula is C9H11F3N2. The van der Waals surface area contributed by atoms with Crippen molar-refractivity contribution in [3.63, 3.8) is 0 Å². The minimum absolute atomic E-state index is 0.0611. The van der Waals surface area contributed by atoms with Crippen LogP contribution >= 0.6 is 0 Å². The molecule has 1 aromatic heterocycles. The van der Waals surface area contributed by atoms with Crippen molar-refractivity contribution in [1.82, 2.24) is 4.98 Å². The Morgan fingerprint density at radius 3 is 2.50 bits per heavy atom. The summed E-state index contributed by atoms with van der Waals surface area (Å²) in [5.41, 5.74) is -0.685. The molecule has 0 amide bonds. The average Bonchev–Trinajstić information content (AvgIpc) is 2.01. The van der Waals surface area contributed by atoms with E-state index in [1.807, 2.05) is 13.8 Å². The first kappa shape index (κ1) is 10.8. The Hall–Kier alpha value is -1.26. The summed E-state index contributed by atoms with van der Waals surface area (Å²) in [6.45, 7) is 3.67. The van der Waals surface area contributed by atoms with Crippen LogP contribution in [0.25, 0.3) is 0 Å².